The zero-order valence-electron chi connectivity index (χ0n) is 34.7. The number of amidine groups is 1. The van der Waals surface area contributed by atoms with Gasteiger partial charge in [-0.05, 0) is 114 Å². The zero-order valence-corrected chi connectivity index (χ0v) is 35.5. The van der Waals surface area contributed by atoms with Gasteiger partial charge >= 0.3 is 0 Å². The molecule has 0 aliphatic carbocycles. The molecule has 1 aliphatic heterocycles. The molecule has 1 N–H and O–H groups in total. The van der Waals surface area contributed by atoms with Gasteiger partial charge in [0.15, 0.2) is 18.0 Å². The molecule has 1 aromatic heterocycles. The molecule has 3 aromatic carbocycles. The number of unbranched alkanes of at least 4 members (excludes halogenated alkanes) is 2. The molecular weight excluding hydrogens is 721 g/mol. The van der Waals surface area contributed by atoms with Gasteiger partial charge in [-0.2, -0.15) is 14.4 Å². The number of carbonyl (C=O) groups excluding carboxylic acids is 2. The van der Waals surface area contributed by atoms with E-state index < -0.39 is 12.1 Å². The molecule has 4 aromatic rings. The Hall–Kier alpha value is -4.84. The highest BCUT2D eigenvalue weighted by molar-refractivity contribution is 7.71. The number of nitrogens with zero attached hydrogens (tertiary/aromatic N) is 7. The number of anilines is 2. The number of carbonyl (C=O) groups is 2. The van der Waals surface area contributed by atoms with Crippen LogP contribution in [0.15, 0.2) is 77.9 Å². The van der Waals surface area contributed by atoms with E-state index in [0.717, 1.165) is 68.6 Å². The molecule has 0 saturated heterocycles. The van der Waals surface area contributed by atoms with E-state index in [2.05, 4.69) is 88.2 Å². The lowest BCUT2D eigenvalue weighted by atomic mass is 9.76. The van der Waals surface area contributed by atoms with E-state index in [-0.39, 0.29) is 22.6 Å². The van der Waals surface area contributed by atoms with E-state index in [0.29, 0.717) is 28.4 Å². The molecule has 0 saturated carbocycles. The Morgan fingerprint density at radius 3 is 2.09 bits per heavy atom. The monoisotopic (exact) mass is 780 g/mol. The molecule has 5 rings (SSSR count). The molecule has 0 fully saturated rings. The molecule has 56 heavy (non-hydrogen) atoms. The first-order valence-corrected chi connectivity index (χ1v) is 20.7. The molecule has 2 unspecified atom stereocenters. The SMILES string of the molecule is CCCCN(CCCC)C1=NN(c2ccc(NC(=O)C(CC)Oc3ccc(C(C)(C)CC)cc3C(C)(C)CC)cc2)C(=O)C1n1nnn(-c2ccccc2)c1=S. The first-order chi connectivity index (χ1) is 26.8. The molecule has 300 valence electrons. The van der Waals surface area contributed by atoms with Crippen molar-refractivity contribution in [1.29, 1.82) is 0 Å². The van der Waals surface area contributed by atoms with Crippen LogP contribution in [0, 0.1) is 4.77 Å². The highest BCUT2D eigenvalue weighted by atomic mass is 32.1. The van der Waals surface area contributed by atoms with Gasteiger partial charge in [-0.15, -0.1) is 5.10 Å². The number of tetrazole rings is 1. The molecular formula is C44H60N8O3S. The van der Waals surface area contributed by atoms with E-state index in [9.17, 15) is 9.59 Å². The third kappa shape index (κ3) is 9.23. The number of hydrogen-bond donors (Lipinski definition) is 1. The first-order valence-electron chi connectivity index (χ1n) is 20.3. The van der Waals surface area contributed by atoms with Crippen molar-refractivity contribution in [1.82, 2.24) is 24.7 Å². The zero-order chi connectivity index (χ0) is 40.6. The normalized spacial score (nSPS) is 15.2. The molecule has 2 heterocycles. The van der Waals surface area contributed by atoms with Crippen molar-refractivity contribution in [2.45, 2.75) is 130 Å². The molecule has 2 amide bonds. The minimum atomic E-state index is -0.889. The van der Waals surface area contributed by atoms with Crippen LogP contribution in [0.25, 0.3) is 5.69 Å². The Morgan fingerprint density at radius 2 is 1.50 bits per heavy atom. The lowest BCUT2D eigenvalue weighted by Gasteiger charge is -2.31. The summed E-state index contributed by atoms with van der Waals surface area (Å²) in [5, 5.41) is 18.1. The fourth-order valence-electron chi connectivity index (χ4n) is 6.62. The Bertz CT molecular complexity index is 2030. The summed E-state index contributed by atoms with van der Waals surface area (Å²) in [5.74, 6) is 0.792. The van der Waals surface area contributed by atoms with Gasteiger partial charge in [0.25, 0.3) is 11.8 Å². The Morgan fingerprint density at radius 1 is 0.857 bits per heavy atom. The van der Waals surface area contributed by atoms with Crippen LogP contribution in [0.5, 0.6) is 5.75 Å². The van der Waals surface area contributed by atoms with E-state index in [1.54, 1.807) is 28.9 Å². The maximum absolute atomic E-state index is 14.4. The van der Waals surface area contributed by atoms with Crippen LogP contribution >= 0.6 is 12.2 Å². The summed E-state index contributed by atoms with van der Waals surface area (Å²) in [6.45, 7) is 21.1. The maximum Gasteiger partial charge on any atom is 0.280 e. The van der Waals surface area contributed by atoms with Crippen molar-refractivity contribution in [3.05, 3.63) is 88.7 Å². The van der Waals surface area contributed by atoms with Crippen LogP contribution < -0.4 is 15.1 Å². The Labute approximate surface area is 338 Å². The predicted octanol–water partition coefficient (Wildman–Crippen LogP) is 9.77. The smallest absolute Gasteiger partial charge is 0.280 e. The summed E-state index contributed by atoms with van der Waals surface area (Å²) in [4.78, 5) is 30.3. The molecule has 2 atom stereocenters. The van der Waals surface area contributed by atoms with Gasteiger partial charge in [0.2, 0.25) is 4.77 Å². The van der Waals surface area contributed by atoms with Gasteiger partial charge in [0.05, 0.1) is 11.4 Å². The highest BCUT2D eigenvalue weighted by Crippen LogP contribution is 2.39. The minimum Gasteiger partial charge on any atom is -0.480 e. The summed E-state index contributed by atoms with van der Waals surface area (Å²) in [6.07, 6.45) is 5.62. The molecule has 0 spiro atoms. The van der Waals surface area contributed by atoms with E-state index in [4.69, 9.17) is 22.1 Å². The van der Waals surface area contributed by atoms with Gasteiger partial charge < -0.3 is 15.0 Å². The second-order valence-corrected chi connectivity index (χ2v) is 16.3. The molecule has 12 heteroatoms. The summed E-state index contributed by atoms with van der Waals surface area (Å²) < 4.78 is 9.87. The molecule has 0 bridgehead atoms. The van der Waals surface area contributed by atoms with Crippen LogP contribution in [0.4, 0.5) is 11.4 Å². The van der Waals surface area contributed by atoms with Gasteiger partial charge in [0.1, 0.15) is 5.75 Å². The second kappa shape index (κ2) is 18.4. The molecule has 0 radical (unpaired) electrons. The van der Waals surface area contributed by atoms with Crippen molar-refractivity contribution in [3.8, 4) is 11.4 Å². The minimum absolute atomic E-state index is 0.0252. The van der Waals surface area contributed by atoms with Crippen LogP contribution in [0.1, 0.15) is 124 Å². The van der Waals surface area contributed by atoms with E-state index in [1.165, 1.54) is 15.3 Å². The van der Waals surface area contributed by atoms with E-state index >= 15 is 0 Å². The predicted molar refractivity (Wildman–Crippen MR) is 228 cm³/mol. The summed E-state index contributed by atoms with van der Waals surface area (Å²) in [5.41, 5.74) is 4.16. The van der Waals surface area contributed by atoms with Crippen molar-refractivity contribution in [2.75, 3.05) is 23.4 Å². The van der Waals surface area contributed by atoms with Crippen LogP contribution in [-0.2, 0) is 20.4 Å². The Balaban J connectivity index is 1.40. The van der Waals surface area contributed by atoms with Crippen molar-refractivity contribution in [3.63, 3.8) is 0 Å². The topological polar surface area (TPSA) is 110 Å². The number of hydrazone groups is 1. The largest absolute Gasteiger partial charge is 0.480 e. The summed E-state index contributed by atoms with van der Waals surface area (Å²) in [6, 6.07) is 22.2. The van der Waals surface area contributed by atoms with Crippen LogP contribution in [0.3, 0.4) is 0 Å². The van der Waals surface area contributed by atoms with Crippen molar-refractivity contribution < 1.29 is 14.3 Å². The van der Waals surface area contributed by atoms with Crippen LogP contribution in [-0.4, -0.2) is 61.5 Å². The lowest BCUT2D eigenvalue weighted by Crippen LogP contribution is -2.40. The fraction of sp³-hybridized carbons (Fsp3) is 0.500. The quantitative estimate of drug-likeness (QED) is 0.100. The third-order valence-corrected chi connectivity index (χ3v) is 11.6. The van der Waals surface area contributed by atoms with Gasteiger partial charge in [-0.25, -0.2) is 0 Å². The second-order valence-electron chi connectivity index (χ2n) is 15.9. The number of para-hydroxylation sites is 1. The molecule has 11 nitrogen and oxygen atoms in total. The number of amides is 2. The average Bonchev–Trinajstić information content (AvgIpc) is 3.75. The molecule has 1 aliphatic rings. The highest BCUT2D eigenvalue weighted by Gasteiger charge is 2.42. The third-order valence-electron chi connectivity index (χ3n) is 11.2. The van der Waals surface area contributed by atoms with Crippen LogP contribution in [0.2, 0.25) is 0 Å². The number of benzene rings is 3. The number of rotatable bonds is 18. The maximum atomic E-state index is 14.4. The van der Waals surface area contributed by atoms with Gasteiger partial charge in [-0.1, -0.05) is 105 Å². The summed E-state index contributed by atoms with van der Waals surface area (Å²) >= 11 is 5.86. The van der Waals surface area contributed by atoms with E-state index in [1.807, 2.05) is 43.3 Å². The standard InChI is InChI=1S/C44H60N8O3S/c1-10-15-28-49(29-16-11-2)39-38(52-42(56)51(47-48-52)33-20-18-17-19-21-33)41(54)50(46-39)34-25-23-32(24-26-34)45-40(53)36(12-3)55-37-27-22-31(43(6,7)13-4)30-35(37)44(8,9)14-5/h17-27,30,36,38H,10-16,28-29H2,1-9H3,(H,45,53). The Kier molecular flexibility index (Phi) is 13.9. The number of nitrogens with one attached hydrogen (secondary N) is 1. The van der Waals surface area contributed by atoms with Gasteiger partial charge in [-0.3, -0.25) is 9.59 Å². The van der Waals surface area contributed by atoms with Crippen molar-refractivity contribution >= 4 is 41.2 Å². The number of aromatic nitrogens is 4. The number of hydrogen-bond acceptors (Lipinski definition) is 8. The van der Waals surface area contributed by atoms with Crippen molar-refractivity contribution in [2.24, 2.45) is 5.10 Å². The first kappa shape index (κ1) is 42.3. The summed E-state index contributed by atoms with van der Waals surface area (Å²) in [7, 11) is 0. The average molecular weight is 781 g/mol. The lowest BCUT2D eigenvalue weighted by molar-refractivity contribution is -0.123. The number of ether oxygens (including phenoxy) is 1. The fourth-order valence-corrected chi connectivity index (χ4v) is 6.90. The van der Waals surface area contributed by atoms with Gasteiger partial charge in [0, 0.05) is 24.3 Å².